The molecule has 1 amide bonds. The number of rotatable bonds is 7. The first-order valence-corrected chi connectivity index (χ1v) is 9.21. The fourth-order valence-corrected chi connectivity index (χ4v) is 3.17. The second-order valence-electron chi connectivity index (χ2n) is 5.60. The average Bonchev–Trinajstić information content (AvgIpc) is 3.18. The number of amides is 1. The number of benzene rings is 1. The zero-order valence-corrected chi connectivity index (χ0v) is 15.5. The number of pyridine rings is 1. The highest BCUT2D eigenvalue weighted by Crippen LogP contribution is 2.28. The van der Waals surface area contributed by atoms with Crippen LogP contribution in [0.2, 0.25) is 0 Å². The van der Waals surface area contributed by atoms with Gasteiger partial charge >= 0.3 is 0 Å². The molecule has 1 aromatic carbocycles. The molecular weight excluding hydrogens is 362 g/mol. The molecule has 8 heteroatoms. The topological polar surface area (TPSA) is 95.9 Å². The van der Waals surface area contributed by atoms with Crippen LogP contribution in [0.5, 0.6) is 0 Å². The second kappa shape index (κ2) is 8.96. The van der Waals surface area contributed by atoms with Crippen LogP contribution in [-0.4, -0.2) is 32.9 Å². The first-order valence-electron chi connectivity index (χ1n) is 8.33. The van der Waals surface area contributed by atoms with Gasteiger partial charge in [-0.15, -0.1) is 10.2 Å². The Kier molecular flexibility index (Phi) is 6.18. The van der Waals surface area contributed by atoms with E-state index in [9.17, 15) is 4.79 Å². The Hall–Kier alpha value is -3.18. The lowest BCUT2D eigenvalue weighted by atomic mass is 10.2. The summed E-state index contributed by atoms with van der Waals surface area (Å²) >= 11 is 1.19. The standard InChI is InChI=1S/C19H17N5O2S/c1-14(18(25)24(13-5-10-20)16-6-3-2-4-7-16)27-19-23-22-17(26-19)15-8-11-21-12-9-15/h2-4,6-9,11-12,14H,5,13H2,1H3. The van der Waals surface area contributed by atoms with Crippen molar-refractivity contribution in [3.05, 3.63) is 54.9 Å². The van der Waals surface area contributed by atoms with Gasteiger partial charge in [0.15, 0.2) is 0 Å². The molecule has 27 heavy (non-hydrogen) atoms. The van der Waals surface area contributed by atoms with E-state index in [0.29, 0.717) is 17.7 Å². The van der Waals surface area contributed by atoms with Crippen LogP contribution in [0.4, 0.5) is 5.69 Å². The molecule has 3 aromatic rings. The number of carbonyl (C=O) groups is 1. The molecule has 1 atom stereocenters. The molecule has 7 nitrogen and oxygen atoms in total. The molecule has 0 fully saturated rings. The van der Waals surface area contributed by atoms with Crippen molar-refractivity contribution in [2.24, 2.45) is 0 Å². The molecule has 0 bridgehead atoms. The summed E-state index contributed by atoms with van der Waals surface area (Å²) in [4.78, 5) is 18.5. The molecule has 2 aromatic heterocycles. The molecule has 2 heterocycles. The summed E-state index contributed by atoms with van der Waals surface area (Å²) < 4.78 is 5.65. The van der Waals surface area contributed by atoms with Crippen molar-refractivity contribution in [1.82, 2.24) is 15.2 Å². The maximum Gasteiger partial charge on any atom is 0.277 e. The van der Waals surface area contributed by atoms with Crippen LogP contribution < -0.4 is 4.90 Å². The van der Waals surface area contributed by atoms with Crippen LogP contribution in [0.1, 0.15) is 13.3 Å². The molecule has 0 aliphatic rings. The van der Waals surface area contributed by atoms with E-state index < -0.39 is 5.25 Å². The fourth-order valence-electron chi connectivity index (χ4n) is 2.43. The van der Waals surface area contributed by atoms with Crippen LogP contribution >= 0.6 is 11.8 Å². The predicted octanol–water partition coefficient (Wildman–Crippen LogP) is 3.56. The van der Waals surface area contributed by atoms with Gasteiger partial charge in [-0.05, 0) is 31.2 Å². The summed E-state index contributed by atoms with van der Waals surface area (Å²) in [6, 6.07) is 14.9. The van der Waals surface area contributed by atoms with Crippen molar-refractivity contribution < 1.29 is 9.21 Å². The number of para-hydroxylation sites is 1. The maximum absolute atomic E-state index is 12.9. The largest absolute Gasteiger partial charge is 0.411 e. The van der Waals surface area contributed by atoms with Crippen LogP contribution in [-0.2, 0) is 4.79 Å². The first kappa shape index (κ1) is 18.6. The van der Waals surface area contributed by atoms with E-state index in [1.54, 1.807) is 36.4 Å². The molecule has 0 N–H and O–H groups in total. The van der Waals surface area contributed by atoms with E-state index in [-0.39, 0.29) is 12.3 Å². The lowest BCUT2D eigenvalue weighted by molar-refractivity contribution is -0.117. The highest BCUT2D eigenvalue weighted by molar-refractivity contribution is 8.00. The molecule has 0 saturated heterocycles. The zero-order chi connectivity index (χ0) is 19.1. The Morgan fingerprint density at radius 2 is 1.96 bits per heavy atom. The number of carbonyl (C=O) groups excluding carboxylic acids is 1. The minimum atomic E-state index is -0.449. The molecular formula is C19H17N5O2S. The SMILES string of the molecule is CC(Sc1nnc(-c2ccncc2)o1)C(=O)N(CCC#N)c1ccccc1. The second-order valence-corrected chi connectivity index (χ2v) is 6.89. The monoisotopic (exact) mass is 379 g/mol. The van der Waals surface area contributed by atoms with E-state index in [2.05, 4.69) is 21.3 Å². The number of hydrogen-bond acceptors (Lipinski definition) is 7. The molecule has 0 aliphatic carbocycles. The van der Waals surface area contributed by atoms with E-state index in [1.807, 2.05) is 30.3 Å². The molecule has 1 unspecified atom stereocenters. The van der Waals surface area contributed by atoms with Crippen molar-refractivity contribution in [3.63, 3.8) is 0 Å². The summed E-state index contributed by atoms with van der Waals surface area (Å²) in [6.45, 7) is 2.11. The lowest BCUT2D eigenvalue weighted by Gasteiger charge is -2.24. The third-order valence-corrected chi connectivity index (χ3v) is 4.66. The fraction of sp³-hybridized carbons (Fsp3) is 0.211. The smallest absolute Gasteiger partial charge is 0.277 e. The highest BCUT2D eigenvalue weighted by Gasteiger charge is 2.24. The van der Waals surface area contributed by atoms with Crippen molar-refractivity contribution >= 4 is 23.4 Å². The molecule has 0 spiro atoms. The van der Waals surface area contributed by atoms with Gasteiger partial charge in [0.25, 0.3) is 5.22 Å². The molecule has 136 valence electrons. The quantitative estimate of drug-likeness (QED) is 0.579. The van der Waals surface area contributed by atoms with Crippen molar-refractivity contribution in [3.8, 4) is 17.5 Å². The van der Waals surface area contributed by atoms with E-state index >= 15 is 0 Å². The van der Waals surface area contributed by atoms with Gasteiger partial charge < -0.3 is 9.32 Å². The number of thioether (sulfide) groups is 1. The van der Waals surface area contributed by atoms with Crippen LogP contribution in [0.15, 0.2) is 64.5 Å². The Bertz CT molecular complexity index is 924. The van der Waals surface area contributed by atoms with Gasteiger partial charge in [0.1, 0.15) is 0 Å². The van der Waals surface area contributed by atoms with Crippen LogP contribution in [0.3, 0.4) is 0 Å². The normalized spacial score (nSPS) is 11.6. The van der Waals surface area contributed by atoms with Crippen molar-refractivity contribution in [2.45, 2.75) is 23.8 Å². The van der Waals surface area contributed by atoms with E-state index in [0.717, 1.165) is 11.3 Å². The van der Waals surface area contributed by atoms with Crippen LogP contribution in [0, 0.1) is 11.3 Å². The van der Waals surface area contributed by atoms with E-state index in [4.69, 9.17) is 9.68 Å². The Balaban J connectivity index is 1.72. The number of hydrogen-bond donors (Lipinski definition) is 0. The molecule has 0 radical (unpaired) electrons. The summed E-state index contributed by atoms with van der Waals surface area (Å²) in [6.07, 6.45) is 3.54. The Labute approximate surface area is 161 Å². The van der Waals surface area contributed by atoms with Crippen molar-refractivity contribution in [2.75, 3.05) is 11.4 Å². The third-order valence-electron chi connectivity index (χ3n) is 3.74. The molecule has 3 rings (SSSR count). The minimum Gasteiger partial charge on any atom is -0.411 e. The highest BCUT2D eigenvalue weighted by atomic mass is 32.2. The molecule has 0 saturated carbocycles. The predicted molar refractivity (Wildman–Crippen MR) is 102 cm³/mol. The number of nitrogens with zero attached hydrogens (tertiary/aromatic N) is 5. The number of aromatic nitrogens is 3. The first-order chi connectivity index (χ1) is 13.2. The van der Waals surface area contributed by atoms with E-state index in [1.165, 1.54) is 11.8 Å². The van der Waals surface area contributed by atoms with Gasteiger partial charge in [-0.25, -0.2) is 0 Å². The van der Waals surface area contributed by atoms with Gasteiger partial charge in [0, 0.05) is 30.2 Å². The van der Waals surface area contributed by atoms with Gasteiger partial charge in [-0.3, -0.25) is 9.78 Å². The Morgan fingerprint density at radius 3 is 2.67 bits per heavy atom. The Morgan fingerprint density at radius 1 is 1.22 bits per heavy atom. The van der Waals surface area contributed by atoms with Crippen molar-refractivity contribution in [1.29, 1.82) is 5.26 Å². The zero-order valence-electron chi connectivity index (χ0n) is 14.6. The van der Waals surface area contributed by atoms with Gasteiger partial charge in [0.2, 0.25) is 11.8 Å². The average molecular weight is 379 g/mol. The molecule has 0 aliphatic heterocycles. The summed E-state index contributed by atoms with van der Waals surface area (Å²) in [5, 5.41) is 16.8. The summed E-state index contributed by atoms with van der Waals surface area (Å²) in [7, 11) is 0. The van der Waals surface area contributed by atoms with Gasteiger partial charge in [-0.2, -0.15) is 5.26 Å². The third kappa shape index (κ3) is 4.71. The summed E-state index contributed by atoms with van der Waals surface area (Å²) in [5.41, 5.74) is 1.52. The maximum atomic E-state index is 12.9. The number of nitriles is 1. The van der Waals surface area contributed by atoms with Crippen LogP contribution in [0.25, 0.3) is 11.5 Å². The van der Waals surface area contributed by atoms with Gasteiger partial charge in [0.05, 0.1) is 17.7 Å². The lowest BCUT2D eigenvalue weighted by Crippen LogP contribution is -2.37. The van der Waals surface area contributed by atoms with Gasteiger partial charge in [-0.1, -0.05) is 30.0 Å². The minimum absolute atomic E-state index is 0.120. The summed E-state index contributed by atoms with van der Waals surface area (Å²) in [5.74, 6) is 0.258. The number of anilines is 1.